The zero-order valence-corrected chi connectivity index (χ0v) is 16.9. The maximum Gasteiger partial charge on any atom is 0.250 e. The lowest BCUT2D eigenvalue weighted by Gasteiger charge is -2.11. The third-order valence-corrected chi connectivity index (χ3v) is 4.55. The first-order chi connectivity index (χ1) is 15.0. The molecule has 5 N–H and O–H groups in total. The molecule has 31 heavy (non-hydrogen) atoms. The van der Waals surface area contributed by atoms with E-state index in [9.17, 15) is 14.4 Å². The van der Waals surface area contributed by atoms with Gasteiger partial charge in [-0.2, -0.15) is 0 Å². The number of carbonyl (C=O) groups excluding carboxylic acids is 3. The van der Waals surface area contributed by atoms with Crippen LogP contribution < -0.4 is 21.7 Å². The van der Waals surface area contributed by atoms with Gasteiger partial charge >= 0.3 is 0 Å². The van der Waals surface area contributed by atoms with Crippen LogP contribution in [-0.2, 0) is 16.0 Å². The molecule has 3 rings (SSSR count). The molecule has 0 aliphatic heterocycles. The lowest BCUT2D eigenvalue weighted by molar-refractivity contribution is -0.116. The largest absolute Gasteiger partial charge is 0.376 e. The summed E-state index contributed by atoms with van der Waals surface area (Å²) in [6, 6.07) is 23.4. The van der Waals surface area contributed by atoms with Crippen LogP contribution in [0.1, 0.15) is 22.3 Å². The number of hydrogen-bond acceptors (Lipinski definition) is 4. The third-order valence-electron chi connectivity index (χ3n) is 4.55. The van der Waals surface area contributed by atoms with Crippen molar-refractivity contribution in [3.8, 4) is 0 Å². The van der Waals surface area contributed by atoms with E-state index in [-0.39, 0.29) is 18.4 Å². The zero-order chi connectivity index (χ0) is 22.1. The SMILES string of the molecule is NC(=O)c1ccccc1NCC(=O)Nc1cccc(NC(=O)CCc2ccccc2)c1. The van der Waals surface area contributed by atoms with E-state index in [2.05, 4.69) is 16.0 Å². The van der Waals surface area contributed by atoms with Gasteiger partial charge in [0.25, 0.3) is 5.91 Å². The minimum Gasteiger partial charge on any atom is -0.376 e. The molecule has 3 aromatic rings. The van der Waals surface area contributed by atoms with Crippen LogP contribution in [0.15, 0.2) is 78.9 Å². The number of para-hydroxylation sites is 1. The molecule has 0 saturated heterocycles. The number of primary amides is 1. The first-order valence-electron chi connectivity index (χ1n) is 9.87. The molecule has 0 heterocycles. The van der Waals surface area contributed by atoms with Crippen LogP contribution in [0.25, 0.3) is 0 Å². The number of anilines is 3. The maximum atomic E-state index is 12.3. The molecule has 0 saturated carbocycles. The summed E-state index contributed by atoms with van der Waals surface area (Å²) in [5.74, 6) is -0.969. The van der Waals surface area contributed by atoms with Gasteiger partial charge in [-0.25, -0.2) is 0 Å². The Hall–Kier alpha value is -4.13. The van der Waals surface area contributed by atoms with Gasteiger partial charge in [0.1, 0.15) is 0 Å². The van der Waals surface area contributed by atoms with Gasteiger partial charge in [-0.15, -0.1) is 0 Å². The van der Waals surface area contributed by atoms with E-state index in [1.165, 1.54) is 0 Å². The van der Waals surface area contributed by atoms with E-state index in [4.69, 9.17) is 5.73 Å². The molecule has 158 valence electrons. The molecule has 0 spiro atoms. The van der Waals surface area contributed by atoms with Crippen molar-refractivity contribution in [1.82, 2.24) is 0 Å². The van der Waals surface area contributed by atoms with E-state index in [0.717, 1.165) is 5.56 Å². The molecule has 0 fully saturated rings. The van der Waals surface area contributed by atoms with Crippen LogP contribution in [0.4, 0.5) is 17.1 Å². The molecule has 0 aliphatic carbocycles. The van der Waals surface area contributed by atoms with E-state index >= 15 is 0 Å². The number of rotatable bonds is 9. The molecule has 0 bridgehead atoms. The lowest BCUT2D eigenvalue weighted by atomic mass is 10.1. The molecule has 7 nitrogen and oxygen atoms in total. The first-order valence-corrected chi connectivity index (χ1v) is 9.87. The van der Waals surface area contributed by atoms with Crippen molar-refractivity contribution in [2.45, 2.75) is 12.8 Å². The van der Waals surface area contributed by atoms with Crippen molar-refractivity contribution >= 4 is 34.8 Å². The molecular formula is C24H24N4O3. The molecule has 3 amide bonds. The summed E-state index contributed by atoms with van der Waals surface area (Å²) in [5.41, 5.74) is 8.40. The highest BCUT2D eigenvalue weighted by molar-refractivity contribution is 6.00. The monoisotopic (exact) mass is 416 g/mol. The minimum atomic E-state index is -0.570. The van der Waals surface area contributed by atoms with Crippen molar-refractivity contribution < 1.29 is 14.4 Å². The van der Waals surface area contributed by atoms with Gasteiger partial charge in [0.05, 0.1) is 12.1 Å². The highest BCUT2D eigenvalue weighted by Gasteiger charge is 2.09. The highest BCUT2D eigenvalue weighted by Crippen LogP contribution is 2.17. The summed E-state index contributed by atoms with van der Waals surface area (Å²) < 4.78 is 0. The molecule has 0 aromatic heterocycles. The van der Waals surface area contributed by atoms with Gasteiger partial charge in [-0.3, -0.25) is 14.4 Å². The van der Waals surface area contributed by atoms with Gasteiger partial charge < -0.3 is 21.7 Å². The van der Waals surface area contributed by atoms with Crippen molar-refractivity contribution in [2.75, 3.05) is 22.5 Å². The quantitative estimate of drug-likeness (QED) is 0.428. The van der Waals surface area contributed by atoms with Gasteiger partial charge in [0.2, 0.25) is 11.8 Å². The summed E-state index contributed by atoms with van der Waals surface area (Å²) in [4.78, 5) is 36.0. The Morgan fingerprint density at radius 3 is 2.10 bits per heavy atom. The normalized spacial score (nSPS) is 10.2. The number of nitrogens with one attached hydrogen (secondary N) is 3. The number of amides is 3. The number of nitrogens with two attached hydrogens (primary N) is 1. The smallest absolute Gasteiger partial charge is 0.250 e. The first kappa shape index (κ1) is 21.6. The van der Waals surface area contributed by atoms with Crippen LogP contribution >= 0.6 is 0 Å². The Bertz CT molecular complexity index is 1070. The van der Waals surface area contributed by atoms with Crippen molar-refractivity contribution in [3.05, 3.63) is 90.0 Å². The molecular weight excluding hydrogens is 392 g/mol. The lowest BCUT2D eigenvalue weighted by Crippen LogP contribution is -2.23. The Kier molecular flexibility index (Phi) is 7.37. The predicted octanol–water partition coefficient (Wildman–Crippen LogP) is 3.41. The van der Waals surface area contributed by atoms with Crippen LogP contribution in [-0.4, -0.2) is 24.3 Å². The topological polar surface area (TPSA) is 113 Å². The molecule has 0 aliphatic rings. The molecule has 0 atom stereocenters. The van der Waals surface area contributed by atoms with Gasteiger partial charge in [0.15, 0.2) is 0 Å². The number of hydrogen-bond donors (Lipinski definition) is 4. The second-order valence-electron chi connectivity index (χ2n) is 6.93. The average molecular weight is 416 g/mol. The van der Waals surface area contributed by atoms with Gasteiger partial charge in [-0.05, 0) is 42.3 Å². The third kappa shape index (κ3) is 6.71. The average Bonchev–Trinajstić information content (AvgIpc) is 2.77. The summed E-state index contributed by atoms with van der Waals surface area (Å²) in [6.07, 6.45) is 1.02. The Morgan fingerprint density at radius 2 is 1.39 bits per heavy atom. The summed E-state index contributed by atoms with van der Waals surface area (Å²) in [6.45, 7) is -0.0437. The second kappa shape index (κ2) is 10.6. The van der Waals surface area contributed by atoms with Crippen molar-refractivity contribution in [2.24, 2.45) is 5.73 Å². The Morgan fingerprint density at radius 1 is 0.742 bits per heavy atom. The van der Waals surface area contributed by atoms with Crippen LogP contribution in [0.2, 0.25) is 0 Å². The van der Waals surface area contributed by atoms with Crippen LogP contribution in [0, 0.1) is 0 Å². The van der Waals surface area contributed by atoms with Crippen LogP contribution in [0.5, 0.6) is 0 Å². The molecule has 7 heteroatoms. The standard InChI is InChI=1S/C24H24N4O3/c25-24(31)20-11-4-5-12-21(20)26-16-23(30)28-19-10-6-9-18(15-19)27-22(29)14-13-17-7-2-1-3-8-17/h1-12,15,26H,13-14,16H2,(H2,25,31)(H,27,29)(H,28,30). The number of benzene rings is 3. The summed E-state index contributed by atoms with van der Waals surface area (Å²) in [5, 5.41) is 8.52. The van der Waals surface area contributed by atoms with E-state index < -0.39 is 5.91 Å². The molecule has 0 unspecified atom stereocenters. The van der Waals surface area contributed by atoms with Crippen molar-refractivity contribution in [1.29, 1.82) is 0 Å². The van der Waals surface area contributed by atoms with E-state index in [1.54, 1.807) is 48.5 Å². The predicted molar refractivity (Wildman–Crippen MR) is 122 cm³/mol. The molecule has 0 radical (unpaired) electrons. The van der Waals surface area contributed by atoms with Gasteiger partial charge in [-0.1, -0.05) is 48.5 Å². The van der Waals surface area contributed by atoms with Crippen molar-refractivity contribution in [3.63, 3.8) is 0 Å². The van der Waals surface area contributed by atoms with Gasteiger partial charge in [0, 0.05) is 23.5 Å². The Labute approximate surface area is 180 Å². The van der Waals surface area contributed by atoms with E-state index in [1.807, 2.05) is 30.3 Å². The fourth-order valence-corrected chi connectivity index (χ4v) is 3.03. The van der Waals surface area contributed by atoms with Crippen LogP contribution in [0.3, 0.4) is 0 Å². The zero-order valence-electron chi connectivity index (χ0n) is 16.9. The molecule has 3 aromatic carbocycles. The summed E-state index contributed by atoms with van der Waals surface area (Å²) >= 11 is 0. The summed E-state index contributed by atoms with van der Waals surface area (Å²) in [7, 11) is 0. The fourth-order valence-electron chi connectivity index (χ4n) is 3.03. The number of carbonyl (C=O) groups is 3. The highest BCUT2D eigenvalue weighted by atomic mass is 16.2. The minimum absolute atomic E-state index is 0.0437. The second-order valence-corrected chi connectivity index (χ2v) is 6.93. The number of aryl methyl sites for hydroxylation is 1. The Balaban J connectivity index is 1.51. The fraction of sp³-hybridized carbons (Fsp3) is 0.125. The van der Waals surface area contributed by atoms with E-state index in [0.29, 0.717) is 35.5 Å². The maximum absolute atomic E-state index is 12.3.